The molecular weight excluding hydrogens is 413 g/mol. The molecule has 0 aromatic heterocycles. The number of rotatable bonds is 6. The topological polar surface area (TPSA) is 110 Å². The minimum absolute atomic E-state index is 0.00845. The van der Waals surface area contributed by atoms with Gasteiger partial charge in [-0.15, -0.1) is 0 Å². The number of benzene rings is 2. The van der Waals surface area contributed by atoms with Crippen molar-refractivity contribution in [1.82, 2.24) is 4.31 Å². The van der Waals surface area contributed by atoms with Crippen LogP contribution in [0.5, 0.6) is 0 Å². The summed E-state index contributed by atoms with van der Waals surface area (Å²) in [6, 6.07) is 11.5. The number of halogens is 1. The zero-order valence-electron chi connectivity index (χ0n) is 16.3. The minimum atomic E-state index is -3.83. The van der Waals surface area contributed by atoms with E-state index < -0.39 is 28.0 Å². The summed E-state index contributed by atoms with van der Waals surface area (Å²) in [5, 5.41) is 0. The summed E-state index contributed by atoms with van der Waals surface area (Å²) in [4.78, 5) is 25.2. The van der Waals surface area contributed by atoms with E-state index in [4.69, 9.17) is 10.5 Å². The van der Waals surface area contributed by atoms with E-state index in [1.165, 1.54) is 47.6 Å². The molecule has 0 radical (unpaired) electrons. The van der Waals surface area contributed by atoms with E-state index >= 15 is 0 Å². The summed E-state index contributed by atoms with van der Waals surface area (Å²) < 4.78 is 45.4. The van der Waals surface area contributed by atoms with Gasteiger partial charge < -0.3 is 15.4 Å². The van der Waals surface area contributed by atoms with E-state index in [2.05, 4.69) is 0 Å². The summed E-state index contributed by atoms with van der Waals surface area (Å²) >= 11 is 0. The maximum Gasteiger partial charge on any atom is 0.338 e. The molecule has 8 nitrogen and oxygen atoms in total. The quantitative estimate of drug-likeness (QED) is 0.687. The first-order valence-corrected chi connectivity index (χ1v) is 10.7. The number of primary amides is 1. The third-order valence-electron chi connectivity index (χ3n) is 4.82. The van der Waals surface area contributed by atoms with Crippen LogP contribution in [0.2, 0.25) is 0 Å². The standard InChI is InChI=1S/C20H22FN3O5S/c1-14(19(22)25)29-20(26)15-3-2-4-18(13-15)30(27,28)24-11-9-23(10-12-24)17-7-5-16(21)6-8-17/h2-8,13-14H,9-12H2,1H3,(H2,22,25). The highest BCUT2D eigenvalue weighted by atomic mass is 32.2. The van der Waals surface area contributed by atoms with Crippen LogP contribution in [0.3, 0.4) is 0 Å². The minimum Gasteiger partial charge on any atom is -0.449 e. The van der Waals surface area contributed by atoms with Gasteiger partial charge in [-0.1, -0.05) is 6.07 Å². The molecule has 0 saturated carbocycles. The molecule has 3 rings (SSSR count). The lowest BCUT2D eigenvalue weighted by Gasteiger charge is -2.35. The lowest BCUT2D eigenvalue weighted by molar-refractivity contribution is -0.125. The van der Waals surface area contributed by atoms with E-state index in [0.29, 0.717) is 13.1 Å². The normalized spacial score (nSPS) is 16.1. The van der Waals surface area contributed by atoms with Crippen molar-refractivity contribution in [2.45, 2.75) is 17.9 Å². The first kappa shape index (κ1) is 21.7. The smallest absolute Gasteiger partial charge is 0.338 e. The van der Waals surface area contributed by atoms with Crippen LogP contribution in [0.4, 0.5) is 10.1 Å². The number of sulfonamides is 1. The second-order valence-electron chi connectivity index (χ2n) is 6.85. The average molecular weight is 435 g/mol. The van der Waals surface area contributed by atoms with E-state index in [9.17, 15) is 22.4 Å². The number of ether oxygens (including phenoxy) is 1. The first-order chi connectivity index (χ1) is 14.2. The molecule has 30 heavy (non-hydrogen) atoms. The van der Waals surface area contributed by atoms with Gasteiger partial charge in [-0.05, 0) is 49.4 Å². The van der Waals surface area contributed by atoms with Gasteiger partial charge in [0.05, 0.1) is 10.5 Å². The Morgan fingerprint density at radius 1 is 1.07 bits per heavy atom. The molecule has 1 unspecified atom stereocenters. The zero-order chi connectivity index (χ0) is 21.9. The van der Waals surface area contributed by atoms with Crippen LogP contribution >= 0.6 is 0 Å². The Kier molecular flexibility index (Phi) is 6.37. The highest BCUT2D eigenvalue weighted by Gasteiger charge is 2.29. The van der Waals surface area contributed by atoms with E-state index in [1.54, 1.807) is 12.1 Å². The molecule has 0 aliphatic carbocycles. The van der Waals surface area contributed by atoms with Gasteiger partial charge in [0.2, 0.25) is 10.0 Å². The molecular formula is C20H22FN3O5S. The Labute approximate surface area is 174 Å². The van der Waals surface area contributed by atoms with Crippen molar-refractivity contribution in [3.05, 3.63) is 59.9 Å². The summed E-state index contributed by atoms with van der Waals surface area (Å²) in [6.45, 7) is 2.72. The molecule has 1 aliphatic rings. The fourth-order valence-corrected chi connectivity index (χ4v) is 4.53. The summed E-state index contributed by atoms with van der Waals surface area (Å²) in [6.07, 6.45) is -1.13. The molecule has 10 heteroatoms. The number of anilines is 1. The number of carbonyl (C=O) groups excluding carboxylic acids is 2. The highest BCUT2D eigenvalue weighted by molar-refractivity contribution is 7.89. The van der Waals surface area contributed by atoms with Crippen molar-refractivity contribution in [3.8, 4) is 0 Å². The molecule has 160 valence electrons. The number of piperazine rings is 1. The van der Waals surface area contributed by atoms with Gasteiger partial charge in [0, 0.05) is 31.9 Å². The molecule has 1 saturated heterocycles. The second-order valence-corrected chi connectivity index (χ2v) is 8.78. The molecule has 1 atom stereocenters. The van der Waals surface area contributed by atoms with Crippen molar-refractivity contribution < 1.29 is 27.1 Å². The highest BCUT2D eigenvalue weighted by Crippen LogP contribution is 2.22. The SMILES string of the molecule is CC(OC(=O)c1cccc(S(=O)(=O)N2CCN(c3ccc(F)cc3)CC2)c1)C(N)=O. The molecule has 1 amide bonds. The van der Waals surface area contributed by atoms with Crippen LogP contribution < -0.4 is 10.6 Å². The zero-order valence-corrected chi connectivity index (χ0v) is 17.1. The van der Waals surface area contributed by atoms with Gasteiger partial charge in [0.25, 0.3) is 5.91 Å². The van der Waals surface area contributed by atoms with Crippen molar-refractivity contribution in [2.75, 3.05) is 31.1 Å². The number of nitrogens with zero attached hydrogens (tertiary/aromatic N) is 2. The van der Waals surface area contributed by atoms with Crippen LogP contribution in [0.15, 0.2) is 53.4 Å². The van der Waals surface area contributed by atoms with Gasteiger partial charge in [0.15, 0.2) is 6.10 Å². The maximum atomic E-state index is 13.1. The van der Waals surface area contributed by atoms with Crippen LogP contribution in [0, 0.1) is 5.82 Å². The van der Waals surface area contributed by atoms with Gasteiger partial charge in [-0.25, -0.2) is 17.6 Å². The number of esters is 1. The molecule has 1 aliphatic heterocycles. The molecule has 1 fully saturated rings. The summed E-state index contributed by atoms with van der Waals surface area (Å²) in [5.41, 5.74) is 5.91. The fourth-order valence-electron chi connectivity index (χ4n) is 3.06. The number of carbonyl (C=O) groups is 2. The van der Waals surface area contributed by atoms with Crippen LogP contribution in [0.25, 0.3) is 0 Å². The number of hydrogen-bond acceptors (Lipinski definition) is 6. The lowest BCUT2D eigenvalue weighted by Crippen LogP contribution is -2.48. The Morgan fingerprint density at radius 2 is 1.70 bits per heavy atom. The molecule has 2 aromatic carbocycles. The first-order valence-electron chi connectivity index (χ1n) is 9.29. The van der Waals surface area contributed by atoms with Gasteiger partial charge in [-0.2, -0.15) is 4.31 Å². The van der Waals surface area contributed by atoms with Crippen molar-refractivity contribution >= 4 is 27.6 Å². The predicted octanol–water partition coefficient (Wildman–Crippen LogP) is 1.37. The third-order valence-corrected chi connectivity index (χ3v) is 6.72. The van der Waals surface area contributed by atoms with Gasteiger partial charge in [0.1, 0.15) is 5.82 Å². The molecule has 1 heterocycles. The lowest BCUT2D eigenvalue weighted by atomic mass is 10.2. The Balaban J connectivity index is 1.71. The Bertz CT molecular complexity index is 1030. The Morgan fingerprint density at radius 3 is 2.30 bits per heavy atom. The number of hydrogen-bond donors (Lipinski definition) is 1. The monoisotopic (exact) mass is 435 g/mol. The molecule has 2 aromatic rings. The number of amides is 1. The summed E-state index contributed by atoms with van der Waals surface area (Å²) in [5.74, 6) is -1.96. The fraction of sp³-hybridized carbons (Fsp3) is 0.300. The molecule has 0 bridgehead atoms. The summed E-state index contributed by atoms with van der Waals surface area (Å²) in [7, 11) is -3.83. The van der Waals surface area contributed by atoms with E-state index in [-0.39, 0.29) is 29.4 Å². The van der Waals surface area contributed by atoms with Crippen molar-refractivity contribution in [2.24, 2.45) is 5.73 Å². The van der Waals surface area contributed by atoms with Crippen LogP contribution in [-0.2, 0) is 19.6 Å². The Hall–Kier alpha value is -2.98. The van der Waals surface area contributed by atoms with Crippen molar-refractivity contribution in [3.63, 3.8) is 0 Å². The van der Waals surface area contributed by atoms with Crippen molar-refractivity contribution in [1.29, 1.82) is 0 Å². The van der Waals surface area contributed by atoms with E-state index in [0.717, 1.165) is 5.69 Å². The molecule has 0 spiro atoms. The van der Waals surface area contributed by atoms with E-state index in [1.807, 2.05) is 4.90 Å². The van der Waals surface area contributed by atoms with Crippen LogP contribution in [0.1, 0.15) is 17.3 Å². The molecule has 2 N–H and O–H groups in total. The maximum absolute atomic E-state index is 13.1. The van der Waals surface area contributed by atoms with Crippen LogP contribution in [-0.4, -0.2) is 56.9 Å². The predicted molar refractivity (Wildman–Crippen MR) is 108 cm³/mol. The number of nitrogens with two attached hydrogens (primary N) is 1. The average Bonchev–Trinajstić information content (AvgIpc) is 2.74. The largest absolute Gasteiger partial charge is 0.449 e. The van der Waals surface area contributed by atoms with Gasteiger partial charge >= 0.3 is 5.97 Å². The second kappa shape index (κ2) is 8.80. The van der Waals surface area contributed by atoms with Gasteiger partial charge in [-0.3, -0.25) is 4.79 Å². The third kappa shape index (κ3) is 4.77.